The second-order valence-electron chi connectivity index (χ2n) is 6.46. The van der Waals surface area contributed by atoms with Crippen LogP contribution in [0.15, 0.2) is 24.3 Å². The van der Waals surface area contributed by atoms with Gasteiger partial charge in [-0.3, -0.25) is 4.98 Å². The molecule has 1 aliphatic rings. The third-order valence-corrected chi connectivity index (χ3v) is 4.71. The van der Waals surface area contributed by atoms with Gasteiger partial charge in [0.15, 0.2) is 0 Å². The number of pyridine rings is 1. The Morgan fingerprint density at radius 3 is 2.70 bits per heavy atom. The number of aromatic nitrogens is 1. The van der Waals surface area contributed by atoms with Crippen LogP contribution in [0.3, 0.4) is 0 Å². The molecule has 3 rings (SSSR count). The van der Waals surface area contributed by atoms with Gasteiger partial charge in [-0.1, -0.05) is 13.8 Å². The standard InChI is InChI=1S/C17H23N3/c1-11(2)17(6-7-17)10-19-16-8-12(3)20-15-5-4-13(18)9-14(15)16/h4-5,8-9,11H,6-7,10,18H2,1-3H3,(H,19,20). The number of fused-ring (bicyclic) bond motifs is 1. The first kappa shape index (κ1) is 13.2. The second-order valence-corrected chi connectivity index (χ2v) is 6.46. The summed E-state index contributed by atoms with van der Waals surface area (Å²) in [6.07, 6.45) is 2.67. The van der Waals surface area contributed by atoms with Crippen molar-refractivity contribution in [3.63, 3.8) is 0 Å². The zero-order valence-electron chi connectivity index (χ0n) is 12.5. The van der Waals surface area contributed by atoms with Crippen molar-refractivity contribution in [1.29, 1.82) is 0 Å². The molecule has 0 aliphatic heterocycles. The largest absolute Gasteiger partial charge is 0.399 e. The van der Waals surface area contributed by atoms with Crippen molar-refractivity contribution >= 4 is 22.3 Å². The average molecular weight is 269 g/mol. The van der Waals surface area contributed by atoms with Crippen LogP contribution >= 0.6 is 0 Å². The number of aryl methyl sites for hydroxylation is 1. The topological polar surface area (TPSA) is 50.9 Å². The summed E-state index contributed by atoms with van der Waals surface area (Å²) in [5.74, 6) is 0.731. The highest BCUT2D eigenvalue weighted by Crippen LogP contribution is 2.51. The van der Waals surface area contributed by atoms with Crippen LogP contribution < -0.4 is 11.1 Å². The summed E-state index contributed by atoms with van der Waals surface area (Å²) in [4.78, 5) is 4.58. The number of nitrogens with two attached hydrogens (primary N) is 1. The number of hydrogen-bond acceptors (Lipinski definition) is 3. The van der Waals surface area contributed by atoms with E-state index in [0.717, 1.165) is 40.4 Å². The molecule has 0 unspecified atom stereocenters. The highest BCUT2D eigenvalue weighted by molar-refractivity contribution is 5.93. The average Bonchev–Trinajstić information content (AvgIpc) is 3.18. The fourth-order valence-corrected chi connectivity index (χ4v) is 2.91. The Kier molecular flexibility index (Phi) is 3.08. The lowest BCUT2D eigenvalue weighted by atomic mass is 9.92. The zero-order chi connectivity index (χ0) is 14.3. The molecule has 106 valence electrons. The molecule has 3 heteroatoms. The number of nitrogens with one attached hydrogen (secondary N) is 1. The summed E-state index contributed by atoms with van der Waals surface area (Å²) in [6.45, 7) is 7.72. The molecule has 1 aromatic heterocycles. The lowest BCUT2D eigenvalue weighted by Crippen LogP contribution is -2.21. The van der Waals surface area contributed by atoms with Gasteiger partial charge >= 0.3 is 0 Å². The van der Waals surface area contributed by atoms with Gasteiger partial charge in [0.1, 0.15) is 0 Å². The quantitative estimate of drug-likeness (QED) is 0.826. The van der Waals surface area contributed by atoms with E-state index >= 15 is 0 Å². The molecule has 1 aromatic carbocycles. The van der Waals surface area contributed by atoms with Crippen molar-refractivity contribution < 1.29 is 0 Å². The molecule has 20 heavy (non-hydrogen) atoms. The van der Waals surface area contributed by atoms with Crippen molar-refractivity contribution in [2.75, 3.05) is 17.6 Å². The zero-order valence-corrected chi connectivity index (χ0v) is 12.5. The Labute approximate surface area is 120 Å². The molecule has 0 radical (unpaired) electrons. The summed E-state index contributed by atoms with van der Waals surface area (Å²) in [5.41, 5.74) is 10.4. The van der Waals surface area contributed by atoms with Crippen molar-refractivity contribution in [2.45, 2.75) is 33.6 Å². The van der Waals surface area contributed by atoms with E-state index in [1.165, 1.54) is 12.8 Å². The summed E-state index contributed by atoms with van der Waals surface area (Å²) in [6, 6.07) is 8.05. The van der Waals surface area contributed by atoms with E-state index in [9.17, 15) is 0 Å². The molecule has 1 saturated carbocycles. The van der Waals surface area contributed by atoms with Crippen LogP contribution in [0.25, 0.3) is 10.9 Å². The molecule has 1 heterocycles. The molecule has 0 atom stereocenters. The number of anilines is 2. The number of nitrogens with zero attached hydrogens (tertiary/aromatic N) is 1. The molecule has 1 fully saturated rings. The Morgan fingerprint density at radius 2 is 2.05 bits per heavy atom. The number of benzene rings is 1. The highest BCUT2D eigenvalue weighted by Gasteiger charge is 2.44. The van der Waals surface area contributed by atoms with E-state index < -0.39 is 0 Å². The van der Waals surface area contributed by atoms with E-state index in [4.69, 9.17) is 5.73 Å². The molecule has 1 aliphatic carbocycles. The van der Waals surface area contributed by atoms with Gasteiger partial charge in [-0.25, -0.2) is 0 Å². The Morgan fingerprint density at radius 1 is 1.30 bits per heavy atom. The Balaban J connectivity index is 1.92. The number of rotatable bonds is 4. The van der Waals surface area contributed by atoms with Crippen molar-refractivity contribution in [3.05, 3.63) is 30.0 Å². The number of nitrogen functional groups attached to an aromatic ring is 1. The fraction of sp³-hybridized carbons (Fsp3) is 0.471. The van der Waals surface area contributed by atoms with Gasteiger partial charge in [-0.05, 0) is 55.4 Å². The Hall–Kier alpha value is -1.77. The van der Waals surface area contributed by atoms with Crippen LogP contribution in [0, 0.1) is 18.3 Å². The molecule has 2 aromatic rings. The highest BCUT2D eigenvalue weighted by atomic mass is 14.9. The molecular weight excluding hydrogens is 246 g/mol. The Bertz CT molecular complexity index is 642. The summed E-state index contributed by atoms with van der Waals surface area (Å²) in [7, 11) is 0. The third kappa shape index (κ3) is 2.33. The lowest BCUT2D eigenvalue weighted by Gasteiger charge is -2.21. The molecular formula is C17H23N3. The van der Waals surface area contributed by atoms with E-state index in [0.29, 0.717) is 5.41 Å². The van der Waals surface area contributed by atoms with Gasteiger partial charge in [0.2, 0.25) is 0 Å². The minimum Gasteiger partial charge on any atom is -0.399 e. The minimum absolute atomic E-state index is 0.490. The van der Waals surface area contributed by atoms with E-state index in [-0.39, 0.29) is 0 Å². The molecule has 3 N–H and O–H groups in total. The maximum Gasteiger partial charge on any atom is 0.0727 e. The summed E-state index contributed by atoms with van der Waals surface area (Å²) < 4.78 is 0. The van der Waals surface area contributed by atoms with E-state index in [2.05, 4.69) is 30.2 Å². The molecule has 0 amide bonds. The summed E-state index contributed by atoms with van der Waals surface area (Å²) in [5, 5.41) is 4.76. The molecule has 3 nitrogen and oxygen atoms in total. The van der Waals surface area contributed by atoms with E-state index in [1.54, 1.807) is 0 Å². The van der Waals surface area contributed by atoms with Gasteiger partial charge < -0.3 is 11.1 Å². The van der Waals surface area contributed by atoms with Crippen LogP contribution in [-0.4, -0.2) is 11.5 Å². The van der Waals surface area contributed by atoms with Crippen LogP contribution in [0.1, 0.15) is 32.4 Å². The maximum absolute atomic E-state index is 5.92. The van der Waals surface area contributed by atoms with Gasteiger partial charge in [0.25, 0.3) is 0 Å². The normalized spacial score (nSPS) is 16.6. The van der Waals surface area contributed by atoms with E-state index in [1.807, 2.05) is 25.1 Å². The maximum atomic E-state index is 5.92. The first-order valence-electron chi connectivity index (χ1n) is 7.41. The van der Waals surface area contributed by atoms with Crippen molar-refractivity contribution in [2.24, 2.45) is 11.3 Å². The second kappa shape index (κ2) is 4.65. The first-order chi connectivity index (χ1) is 9.50. The van der Waals surface area contributed by atoms with Gasteiger partial charge in [0, 0.05) is 29.0 Å². The number of hydrogen-bond donors (Lipinski definition) is 2. The van der Waals surface area contributed by atoms with Gasteiger partial charge in [-0.15, -0.1) is 0 Å². The first-order valence-corrected chi connectivity index (χ1v) is 7.41. The van der Waals surface area contributed by atoms with Gasteiger partial charge in [-0.2, -0.15) is 0 Å². The van der Waals surface area contributed by atoms with Crippen LogP contribution in [0.4, 0.5) is 11.4 Å². The van der Waals surface area contributed by atoms with Crippen LogP contribution in [-0.2, 0) is 0 Å². The van der Waals surface area contributed by atoms with Crippen LogP contribution in [0.2, 0.25) is 0 Å². The molecule has 0 spiro atoms. The smallest absolute Gasteiger partial charge is 0.0727 e. The predicted octanol–water partition coefficient (Wildman–Crippen LogP) is 3.97. The predicted molar refractivity (Wildman–Crippen MR) is 85.9 cm³/mol. The van der Waals surface area contributed by atoms with Crippen molar-refractivity contribution in [3.8, 4) is 0 Å². The molecule has 0 saturated heterocycles. The lowest BCUT2D eigenvalue weighted by molar-refractivity contribution is 0.380. The minimum atomic E-state index is 0.490. The fourth-order valence-electron chi connectivity index (χ4n) is 2.91. The van der Waals surface area contributed by atoms with Crippen LogP contribution in [0.5, 0.6) is 0 Å². The monoisotopic (exact) mass is 269 g/mol. The third-order valence-electron chi connectivity index (χ3n) is 4.71. The molecule has 0 bridgehead atoms. The van der Waals surface area contributed by atoms with Gasteiger partial charge in [0.05, 0.1) is 5.52 Å². The SMILES string of the molecule is Cc1cc(NCC2(C(C)C)CC2)c2cc(N)ccc2n1. The van der Waals surface area contributed by atoms with Crippen molar-refractivity contribution in [1.82, 2.24) is 4.98 Å². The summed E-state index contributed by atoms with van der Waals surface area (Å²) >= 11 is 0.